The molecule has 0 aliphatic carbocycles. The molecule has 0 aromatic heterocycles. The molecule has 0 amide bonds. The number of aliphatic hydroxyl groups excluding tert-OH is 1. The van der Waals surface area contributed by atoms with Crippen LogP contribution in [0.15, 0.2) is 28.7 Å². The Morgan fingerprint density at radius 3 is 2.72 bits per heavy atom. The molecule has 0 atom stereocenters. The second kappa shape index (κ2) is 7.76. The summed E-state index contributed by atoms with van der Waals surface area (Å²) in [6.45, 7) is 7.42. The zero-order valence-corrected chi connectivity index (χ0v) is 14.9. The van der Waals surface area contributed by atoms with Gasteiger partial charge in [0, 0.05) is 38.8 Å². The van der Waals surface area contributed by atoms with Crippen LogP contribution >= 0.6 is 0 Å². The van der Waals surface area contributed by atoms with Crippen LogP contribution in [0.25, 0.3) is 0 Å². The molecule has 4 rings (SSSR count). The van der Waals surface area contributed by atoms with Crippen LogP contribution < -0.4 is 5.32 Å². The maximum absolute atomic E-state index is 9.13. The van der Waals surface area contributed by atoms with Gasteiger partial charge in [-0.15, -0.1) is 0 Å². The third-order valence-corrected chi connectivity index (χ3v) is 5.54. The molecule has 0 saturated carbocycles. The van der Waals surface area contributed by atoms with E-state index >= 15 is 0 Å². The maximum atomic E-state index is 9.13. The molecular formula is C18H29N5O2. The first kappa shape index (κ1) is 16.9. The number of piperidine rings is 1. The second-order valence-corrected chi connectivity index (χ2v) is 7.05. The van der Waals surface area contributed by atoms with E-state index < -0.39 is 0 Å². The number of amidine groups is 1. The molecule has 4 heterocycles. The van der Waals surface area contributed by atoms with Gasteiger partial charge in [-0.2, -0.15) is 0 Å². The number of nitrogens with zero attached hydrogens (tertiary/aromatic N) is 4. The van der Waals surface area contributed by atoms with E-state index in [2.05, 4.69) is 32.2 Å². The van der Waals surface area contributed by atoms with E-state index in [9.17, 15) is 0 Å². The summed E-state index contributed by atoms with van der Waals surface area (Å²) in [5, 5.41) is 12.7. The van der Waals surface area contributed by atoms with Gasteiger partial charge in [0.1, 0.15) is 5.82 Å². The van der Waals surface area contributed by atoms with Crippen molar-refractivity contribution in [2.45, 2.75) is 25.3 Å². The van der Waals surface area contributed by atoms with Crippen molar-refractivity contribution in [3.05, 3.63) is 23.7 Å². The first-order chi connectivity index (χ1) is 12.3. The van der Waals surface area contributed by atoms with Gasteiger partial charge in [0.05, 0.1) is 32.2 Å². The highest BCUT2D eigenvalue weighted by atomic mass is 16.5. The van der Waals surface area contributed by atoms with E-state index in [1.54, 1.807) is 0 Å². The molecule has 2 N–H and O–H groups in total. The summed E-state index contributed by atoms with van der Waals surface area (Å²) in [6, 6.07) is 0.524. The molecule has 25 heavy (non-hydrogen) atoms. The highest BCUT2D eigenvalue weighted by Crippen LogP contribution is 2.25. The molecule has 3 saturated heterocycles. The van der Waals surface area contributed by atoms with Crippen molar-refractivity contribution < 1.29 is 9.84 Å². The number of β-amino-alcohol motifs (C(OH)–C–C–N with tert-alkyl or cyclic N) is 1. The lowest BCUT2D eigenvalue weighted by molar-refractivity contribution is 0.0529. The predicted octanol–water partition coefficient (Wildman–Crippen LogP) is 0.166. The van der Waals surface area contributed by atoms with Crippen molar-refractivity contribution >= 4 is 5.84 Å². The minimum atomic E-state index is 0.253. The quantitative estimate of drug-likeness (QED) is 0.756. The van der Waals surface area contributed by atoms with Crippen molar-refractivity contribution in [1.29, 1.82) is 0 Å². The molecule has 7 heteroatoms. The Balaban J connectivity index is 1.47. The molecule has 138 valence electrons. The Bertz CT molecular complexity index is 560. The number of aliphatic imine (C=N–C) groups is 1. The minimum absolute atomic E-state index is 0.253. The number of hydrogen-bond donors (Lipinski definition) is 2. The number of likely N-dealkylation sites (tertiary alicyclic amines) is 1. The van der Waals surface area contributed by atoms with E-state index in [0.29, 0.717) is 6.04 Å². The lowest BCUT2D eigenvalue weighted by Gasteiger charge is -2.37. The van der Waals surface area contributed by atoms with Crippen molar-refractivity contribution in [2.75, 3.05) is 59.2 Å². The minimum Gasteiger partial charge on any atom is -0.395 e. The molecule has 0 bridgehead atoms. The topological polar surface area (TPSA) is 63.6 Å². The number of rotatable bonds is 4. The van der Waals surface area contributed by atoms with Gasteiger partial charge in [0.25, 0.3) is 0 Å². The molecule has 7 nitrogen and oxygen atoms in total. The molecule has 0 unspecified atom stereocenters. The van der Waals surface area contributed by atoms with Crippen molar-refractivity contribution in [3.63, 3.8) is 0 Å². The lowest BCUT2D eigenvalue weighted by Crippen LogP contribution is -2.46. The van der Waals surface area contributed by atoms with E-state index in [1.807, 2.05) is 0 Å². The zero-order chi connectivity index (χ0) is 17.1. The summed E-state index contributed by atoms with van der Waals surface area (Å²) in [5.41, 5.74) is 1.18. The SMILES string of the molecule is OCCN1CCC(N2CNC3=CCC=C(N4CCOCC4)N=C32)CC1. The van der Waals surface area contributed by atoms with E-state index in [-0.39, 0.29) is 6.61 Å². The van der Waals surface area contributed by atoms with Crippen molar-refractivity contribution in [3.8, 4) is 0 Å². The third-order valence-electron chi connectivity index (χ3n) is 5.54. The molecule has 4 aliphatic rings. The number of aliphatic hydroxyl groups is 1. The Morgan fingerprint density at radius 1 is 1.16 bits per heavy atom. The number of morpholine rings is 1. The Labute approximate surface area is 149 Å². The van der Waals surface area contributed by atoms with Gasteiger partial charge in [-0.1, -0.05) is 6.08 Å². The van der Waals surface area contributed by atoms with Crippen LogP contribution in [0.5, 0.6) is 0 Å². The standard InChI is InChI=1S/C18H29N5O2/c24-11-8-21-6-4-15(5-7-21)23-14-19-16-2-1-3-17(20-18(16)23)22-9-12-25-13-10-22/h2-3,15,19,24H,1,4-14H2. The van der Waals surface area contributed by atoms with Crippen LogP contribution in [0.4, 0.5) is 0 Å². The fourth-order valence-electron chi connectivity index (χ4n) is 4.09. The number of fused-ring (bicyclic) bond motifs is 1. The lowest BCUT2D eigenvalue weighted by atomic mass is 10.0. The highest BCUT2D eigenvalue weighted by molar-refractivity contribution is 6.00. The Morgan fingerprint density at radius 2 is 1.96 bits per heavy atom. The molecule has 0 spiro atoms. The van der Waals surface area contributed by atoms with Crippen LogP contribution in [0.3, 0.4) is 0 Å². The maximum Gasteiger partial charge on any atom is 0.155 e. The fourth-order valence-corrected chi connectivity index (χ4v) is 4.09. The molecule has 0 aromatic rings. The first-order valence-electron chi connectivity index (χ1n) is 9.51. The van der Waals surface area contributed by atoms with Gasteiger partial charge >= 0.3 is 0 Å². The number of allylic oxidation sites excluding steroid dienone is 2. The van der Waals surface area contributed by atoms with Gasteiger partial charge < -0.3 is 29.9 Å². The summed E-state index contributed by atoms with van der Waals surface area (Å²) in [5.74, 6) is 2.20. The van der Waals surface area contributed by atoms with E-state index in [1.165, 1.54) is 5.70 Å². The summed E-state index contributed by atoms with van der Waals surface area (Å²) < 4.78 is 5.48. The summed E-state index contributed by atoms with van der Waals surface area (Å²) in [7, 11) is 0. The smallest absolute Gasteiger partial charge is 0.155 e. The highest BCUT2D eigenvalue weighted by Gasteiger charge is 2.33. The summed E-state index contributed by atoms with van der Waals surface area (Å²) in [6.07, 6.45) is 7.67. The van der Waals surface area contributed by atoms with Crippen molar-refractivity contribution in [2.24, 2.45) is 4.99 Å². The second-order valence-electron chi connectivity index (χ2n) is 7.05. The Hall–Kier alpha value is -1.57. The van der Waals surface area contributed by atoms with Gasteiger partial charge in [-0.05, 0) is 25.3 Å². The fraction of sp³-hybridized carbons (Fsp3) is 0.722. The third kappa shape index (κ3) is 3.68. The first-order valence-corrected chi connectivity index (χ1v) is 9.51. The largest absolute Gasteiger partial charge is 0.395 e. The van der Waals surface area contributed by atoms with Gasteiger partial charge in [-0.25, -0.2) is 4.99 Å². The molecule has 4 aliphatic heterocycles. The molecule has 3 fully saturated rings. The van der Waals surface area contributed by atoms with Gasteiger partial charge in [0.2, 0.25) is 0 Å². The summed E-state index contributed by atoms with van der Waals surface area (Å²) >= 11 is 0. The van der Waals surface area contributed by atoms with E-state index in [4.69, 9.17) is 14.8 Å². The number of ether oxygens (including phenoxy) is 1. The Kier molecular flexibility index (Phi) is 5.24. The van der Waals surface area contributed by atoms with Crippen molar-refractivity contribution in [1.82, 2.24) is 20.0 Å². The molecule has 0 radical (unpaired) electrons. The van der Waals surface area contributed by atoms with Gasteiger partial charge in [-0.3, -0.25) is 0 Å². The monoisotopic (exact) mass is 347 g/mol. The van der Waals surface area contributed by atoms with Crippen LogP contribution in [-0.2, 0) is 4.74 Å². The number of nitrogens with one attached hydrogen (secondary N) is 1. The van der Waals surface area contributed by atoms with E-state index in [0.717, 1.165) is 83.5 Å². The number of hydrogen-bond acceptors (Lipinski definition) is 7. The van der Waals surface area contributed by atoms with Gasteiger partial charge in [0.15, 0.2) is 5.84 Å². The zero-order valence-electron chi connectivity index (χ0n) is 14.9. The van der Waals surface area contributed by atoms with Crippen LogP contribution in [0.1, 0.15) is 19.3 Å². The molecule has 0 aromatic carbocycles. The van der Waals surface area contributed by atoms with Crippen LogP contribution in [0.2, 0.25) is 0 Å². The van der Waals surface area contributed by atoms with Crippen LogP contribution in [0, 0.1) is 0 Å². The van der Waals surface area contributed by atoms with Crippen LogP contribution in [-0.4, -0.2) is 90.9 Å². The average molecular weight is 347 g/mol. The average Bonchev–Trinajstić information content (AvgIpc) is 2.93. The normalized spacial score (nSPS) is 25.7. The summed E-state index contributed by atoms with van der Waals surface area (Å²) in [4.78, 5) is 12.2. The molecular weight excluding hydrogens is 318 g/mol. The predicted molar refractivity (Wildman–Crippen MR) is 97.0 cm³/mol.